The van der Waals surface area contributed by atoms with Gasteiger partial charge in [-0.15, -0.1) is 11.3 Å². The topological polar surface area (TPSA) is 124 Å². The number of benzene rings is 1. The van der Waals surface area contributed by atoms with Crippen LogP contribution in [0.1, 0.15) is 36.2 Å². The zero-order valence-corrected chi connectivity index (χ0v) is 19.0. The molecule has 2 aliphatic rings. The molecule has 3 heterocycles. The first kappa shape index (κ1) is 22.5. The number of nitrogens with two attached hydrogens (primary N) is 1. The number of nitrogens with one attached hydrogen (secondary N) is 2. The molecule has 2 aromatic rings. The summed E-state index contributed by atoms with van der Waals surface area (Å²) in [5.41, 5.74) is 6.94. The van der Waals surface area contributed by atoms with Crippen LogP contribution in [0.4, 0.5) is 16.5 Å². The van der Waals surface area contributed by atoms with E-state index in [1.54, 1.807) is 12.4 Å². The third-order valence-electron chi connectivity index (χ3n) is 6.52. The van der Waals surface area contributed by atoms with Gasteiger partial charge in [0.25, 0.3) is 5.91 Å². The largest absolute Gasteiger partial charge is 0.393 e. The van der Waals surface area contributed by atoms with Crippen LogP contribution in [0.25, 0.3) is 0 Å². The summed E-state index contributed by atoms with van der Waals surface area (Å²) >= 11 is 1.44. The van der Waals surface area contributed by atoms with Gasteiger partial charge in [-0.05, 0) is 44.9 Å². The molecular weight excluding hydrogens is 428 g/mol. The van der Waals surface area contributed by atoms with E-state index in [0.717, 1.165) is 36.8 Å². The molecule has 2 amide bonds. The molecule has 1 aromatic heterocycles. The van der Waals surface area contributed by atoms with Crippen molar-refractivity contribution in [2.24, 2.45) is 5.73 Å². The Hall–Kier alpha value is -2.69. The Morgan fingerprint density at radius 1 is 1.16 bits per heavy atom. The molecule has 4 rings (SSSR count). The van der Waals surface area contributed by atoms with Crippen molar-refractivity contribution < 1.29 is 14.7 Å². The lowest BCUT2D eigenvalue weighted by Crippen LogP contribution is -2.59. The number of aliphatic hydroxyl groups excluding tert-OH is 1. The lowest BCUT2D eigenvalue weighted by atomic mass is 9.86. The van der Waals surface area contributed by atoms with Gasteiger partial charge in [-0.3, -0.25) is 9.59 Å². The number of amides is 2. The molecule has 0 aliphatic carbocycles. The Morgan fingerprint density at radius 3 is 2.50 bits per heavy atom. The van der Waals surface area contributed by atoms with Crippen molar-refractivity contribution in [2.75, 3.05) is 48.3 Å². The molecule has 172 valence electrons. The number of para-hydroxylation sites is 2. The van der Waals surface area contributed by atoms with Crippen LogP contribution >= 0.6 is 11.3 Å². The minimum Gasteiger partial charge on any atom is -0.393 e. The Bertz CT molecular complexity index is 964. The molecule has 32 heavy (non-hydrogen) atoms. The molecule has 2 saturated heterocycles. The van der Waals surface area contributed by atoms with Crippen molar-refractivity contribution in [1.29, 1.82) is 0 Å². The van der Waals surface area contributed by atoms with Crippen LogP contribution in [0.3, 0.4) is 0 Å². The normalized spacial score (nSPS) is 19.1. The number of carbonyl (C=O) groups is 2. The number of aliphatic hydroxyl groups is 1. The van der Waals surface area contributed by atoms with E-state index in [4.69, 9.17) is 5.73 Å². The van der Waals surface area contributed by atoms with Gasteiger partial charge in [0.1, 0.15) is 11.2 Å². The SMILES string of the molecule is CNC1(C(N)=O)CCN(c2ccccc2NC(=O)c2csc(N3CCC(O)CC3)n2)CC1. The molecule has 9 nitrogen and oxygen atoms in total. The van der Waals surface area contributed by atoms with Crippen molar-refractivity contribution in [3.05, 3.63) is 35.3 Å². The van der Waals surface area contributed by atoms with Gasteiger partial charge in [0.15, 0.2) is 5.13 Å². The van der Waals surface area contributed by atoms with Gasteiger partial charge < -0.3 is 31.3 Å². The van der Waals surface area contributed by atoms with Crippen molar-refractivity contribution in [1.82, 2.24) is 10.3 Å². The third kappa shape index (κ3) is 4.57. The quantitative estimate of drug-likeness (QED) is 0.516. The lowest BCUT2D eigenvalue weighted by molar-refractivity contribution is -0.125. The average Bonchev–Trinajstić information content (AvgIpc) is 3.30. The van der Waals surface area contributed by atoms with E-state index in [9.17, 15) is 14.7 Å². The second-order valence-corrected chi connectivity index (χ2v) is 9.22. The van der Waals surface area contributed by atoms with E-state index in [1.165, 1.54) is 11.3 Å². The molecule has 0 saturated carbocycles. The molecule has 10 heteroatoms. The molecule has 1 aromatic carbocycles. The van der Waals surface area contributed by atoms with Gasteiger partial charge in [-0.1, -0.05) is 12.1 Å². The maximum atomic E-state index is 12.9. The van der Waals surface area contributed by atoms with Crippen LogP contribution in [-0.4, -0.2) is 66.8 Å². The first-order valence-corrected chi connectivity index (χ1v) is 11.8. The molecule has 0 bridgehead atoms. The van der Waals surface area contributed by atoms with Gasteiger partial charge in [-0.25, -0.2) is 4.98 Å². The second-order valence-electron chi connectivity index (χ2n) is 8.39. The van der Waals surface area contributed by atoms with E-state index in [-0.39, 0.29) is 17.9 Å². The number of thiazole rings is 1. The molecular formula is C22H30N6O3S. The minimum absolute atomic E-state index is 0.249. The molecule has 2 aliphatic heterocycles. The van der Waals surface area contributed by atoms with E-state index in [1.807, 2.05) is 24.3 Å². The third-order valence-corrected chi connectivity index (χ3v) is 7.42. The highest BCUT2D eigenvalue weighted by Crippen LogP contribution is 2.32. The fourth-order valence-corrected chi connectivity index (χ4v) is 5.22. The van der Waals surface area contributed by atoms with E-state index in [0.29, 0.717) is 37.3 Å². The summed E-state index contributed by atoms with van der Waals surface area (Å²) in [4.78, 5) is 33.6. The van der Waals surface area contributed by atoms with Crippen molar-refractivity contribution in [3.8, 4) is 0 Å². The van der Waals surface area contributed by atoms with Gasteiger partial charge in [0.05, 0.1) is 17.5 Å². The van der Waals surface area contributed by atoms with E-state index >= 15 is 0 Å². The van der Waals surface area contributed by atoms with E-state index in [2.05, 4.69) is 25.4 Å². The summed E-state index contributed by atoms with van der Waals surface area (Å²) in [5, 5.41) is 18.4. The van der Waals surface area contributed by atoms with Crippen LogP contribution in [0.15, 0.2) is 29.6 Å². The molecule has 0 spiro atoms. The standard InChI is InChI=1S/C22H30N6O3S/c1-24-22(20(23)31)8-12-27(13-9-22)18-5-3-2-4-16(18)25-19(30)17-14-32-21(26-17)28-10-6-15(29)7-11-28/h2-5,14-15,24,29H,6-13H2,1H3,(H2,23,31)(H,25,30). The smallest absolute Gasteiger partial charge is 0.275 e. The number of primary amides is 1. The van der Waals surface area contributed by atoms with Crippen LogP contribution in [0, 0.1) is 0 Å². The number of piperidine rings is 2. The predicted molar refractivity (Wildman–Crippen MR) is 126 cm³/mol. The van der Waals surface area contributed by atoms with Crippen molar-refractivity contribution >= 4 is 39.7 Å². The maximum Gasteiger partial charge on any atom is 0.275 e. The summed E-state index contributed by atoms with van der Waals surface area (Å²) in [6.07, 6.45) is 2.38. The minimum atomic E-state index is -0.684. The fraction of sp³-hybridized carbons (Fsp3) is 0.500. The van der Waals surface area contributed by atoms with Gasteiger partial charge in [0.2, 0.25) is 5.91 Å². The number of likely N-dealkylation sites (N-methyl/N-ethyl adjacent to an activating group) is 1. The Balaban J connectivity index is 1.44. The summed E-state index contributed by atoms with van der Waals surface area (Å²) in [5.74, 6) is -0.584. The first-order chi connectivity index (χ1) is 15.4. The molecule has 5 N–H and O–H groups in total. The zero-order chi connectivity index (χ0) is 22.7. The van der Waals surface area contributed by atoms with Crippen LogP contribution in [0.2, 0.25) is 0 Å². The number of hydrogen-bond donors (Lipinski definition) is 4. The number of anilines is 3. The van der Waals surface area contributed by atoms with Crippen LogP contribution < -0.4 is 26.2 Å². The van der Waals surface area contributed by atoms with Gasteiger partial charge in [-0.2, -0.15) is 0 Å². The first-order valence-electron chi connectivity index (χ1n) is 10.9. The summed E-state index contributed by atoms with van der Waals surface area (Å²) in [6.45, 7) is 2.79. The Labute approximate surface area is 191 Å². The lowest BCUT2D eigenvalue weighted by Gasteiger charge is -2.41. The Kier molecular flexibility index (Phi) is 6.63. The highest BCUT2D eigenvalue weighted by molar-refractivity contribution is 7.14. The highest BCUT2D eigenvalue weighted by atomic mass is 32.1. The summed E-state index contributed by atoms with van der Waals surface area (Å²) in [6, 6.07) is 7.67. The molecule has 0 atom stereocenters. The average molecular weight is 459 g/mol. The van der Waals surface area contributed by atoms with Gasteiger partial charge >= 0.3 is 0 Å². The molecule has 0 unspecified atom stereocenters. The zero-order valence-electron chi connectivity index (χ0n) is 18.2. The van der Waals surface area contributed by atoms with E-state index < -0.39 is 5.54 Å². The number of aromatic nitrogens is 1. The van der Waals surface area contributed by atoms with Crippen LogP contribution in [0.5, 0.6) is 0 Å². The number of nitrogens with zero attached hydrogens (tertiary/aromatic N) is 3. The number of hydrogen-bond acceptors (Lipinski definition) is 8. The molecule has 2 fully saturated rings. The van der Waals surface area contributed by atoms with Crippen molar-refractivity contribution in [2.45, 2.75) is 37.3 Å². The second kappa shape index (κ2) is 9.43. The monoisotopic (exact) mass is 458 g/mol. The summed E-state index contributed by atoms with van der Waals surface area (Å²) < 4.78 is 0. The maximum absolute atomic E-state index is 12.9. The van der Waals surface area contributed by atoms with Gasteiger partial charge in [0, 0.05) is 31.6 Å². The Morgan fingerprint density at radius 2 is 1.84 bits per heavy atom. The fourth-order valence-electron chi connectivity index (χ4n) is 4.36. The highest BCUT2D eigenvalue weighted by Gasteiger charge is 2.38. The summed E-state index contributed by atoms with van der Waals surface area (Å²) in [7, 11) is 1.77. The predicted octanol–water partition coefficient (Wildman–Crippen LogP) is 1.40. The van der Waals surface area contributed by atoms with Crippen molar-refractivity contribution in [3.63, 3.8) is 0 Å². The number of rotatable bonds is 6. The van der Waals surface area contributed by atoms with Crippen LogP contribution in [-0.2, 0) is 4.79 Å². The number of carbonyl (C=O) groups excluding carboxylic acids is 2. The molecule has 0 radical (unpaired) electrons.